The summed E-state index contributed by atoms with van der Waals surface area (Å²) in [5.74, 6) is 0.0978. The fourth-order valence-corrected chi connectivity index (χ4v) is 0.880. The van der Waals surface area contributed by atoms with Crippen LogP contribution in [0.1, 0.15) is 5.56 Å². The summed E-state index contributed by atoms with van der Waals surface area (Å²) in [6, 6.07) is 6.58. The fourth-order valence-electron chi connectivity index (χ4n) is 0.880. The second-order valence-electron chi connectivity index (χ2n) is 2.31. The van der Waals surface area contributed by atoms with Gasteiger partial charge in [-0.25, -0.2) is 0 Å². The molecule has 0 fully saturated rings. The van der Waals surface area contributed by atoms with Gasteiger partial charge in [0.05, 0.1) is 0 Å². The van der Waals surface area contributed by atoms with Gasteiger partial charge in [-0.2, -0.15) is 0 Å². The molecule has 0 saturated carbocycles. The third-order valence-electron chi connectivity index (χ3n) is 1.39. The molecule has 0 amide bonds. The van der Waals surface area contributed by atoms with Crippen molar-refractivity contribution >= 4 is 0 Å². The van der Waals surface area contributed by atoms with Crippen LogP contribution in [0.4, 0.5) is 0 Å². The molecule has 0 atom stereocenters. The Hall–Kier alpha value is -1.06. The highest BCUT2D eigenvalue weighted by molar-refractivity contribution is 5.31. The lowest BCUT2D eigenvalue weighted by Gasteiger charge is -2.04. The summed E-state index contributed by atoms with van der Waals surface area (Å²) < 4.78 is 0. The molecule has 0 aliphatic carbocycles. The molecule has 0 radical (unpaired) electrons. The maximum Gasteiger partial charge on any atom is 0.155 e. The summed E-state index contributed by atoms with van der Waals surface area (Å²) in [5, 5.41) is 26.3. The third-order valence-corrected chi connectivity index (χ3v) is 1.39. The molecule has 1 aromatic rings. The maximum absolute atomic E-state index is 9.14. The van der Waals surface area contributed by atoms with Gasteiger partial charge >= 0.3 is 0 Å². The van der Waals surface area contributed by atoms with E-state index in [-0.39, 0.29) is 12.2 Å². The molecule has 3 N–H and O–H groups in total. The lowest BCUT2D eigenvalue weighted by molar-refractivity contribution is -0.0384. The number of phenols is 1. The summed E-state index contributed by atoms with van der Waals surface area (Å²) in [5.41, 5.74) is 0.544. The lowest BCUT2D eigenvalue weighted by atomic mass is 10.1. The number of benzene rings is 1. The minimum absolute atomic E-state index is 0.0622. The molecule has 11 heavy (non-hydrogen) atoms. The molecule has 1 aromatic carbocycles. The molecule has 3 nitrogen and oxygen atoms in total. The second-order valence-corrected chi connectivity index (χ2v) is 2.31. The zero-order valence-corrected chi connectivity index (χ0v) is 5.94. The monoisotopic (exact) mass is 154 g/mol. The molecule has 0 heterocycles. The first-order valence-corrected chi connectivity index (χ1v) is 3.33. The van der Waals surface area contributed by atoms with Crippen molar-refractivity contribution in [3.05, 3.63) is 29.8 Å². The van der Waals surface area contributed by atoms with Gasteiger partial charge in [-0.05, 0) is 11.6 Å². The number of aliphatic hydroxyl groups excluding tert-OH is 1. The minimum atomic E-state index is -1.40. The van der Waals surface area contributed by atoms with E-state index in [4.69, 9.17) is 15.3 Å². The Bertz CT molecular complexity index is 233. The van der Waals surface area contributed by atoms with E-state index in [0.717, 1.165) is 0 Å². The summed E-state index contributed by atoms with van der Waals surface area (Å²) in [6.07, 6.45) is -1.34. The molecule has 0 aliphatic heterocycles. The second kappa shape index (κ2) is 3.37. The lowest BCUT2D eigenvalue weighted by Crippen LogP contribution is -2.07. The van der Waals surface area contributed by atoms with Crippen LogP contribution in [-0.4, -0.2) is 21.6 Å². The zero-order chi connectivity index (χ0) is 8.27. The Morgan fingerprint density at radius 1 is 1.18 bits per heavy atom. The van der Waals surface area contributed by atoms with Crippen LogP contribution in [0, 0.1) is 0 Å². The van der Waals surface area contributed by atoms with Crippen LogP contribution in [0.25, 0.3) is 0 Å². The molecule has 0 aliphatic rings. The van der Waals surface area contributed by atoms with Crippen LogP contribution in [0.2, 0.25) is 0 Å². The van der Waals surface area contributed by atoms with Gasteiger partial charge in [0, 0.05) is 6.42 Å². The largest absolute Gasteiger partial charge is 0.508 e. The Balaban J connectivity index is 2.78. The van der Waals surface area contributed by atoms with Crippen molar-refractivity contribution in [2.45, 2.75) is 12.7 Å². The standard InChI is InChI=1S/C8H10O3/c9-7-4-2-1-3-6(7)5-8(10)11/h1-4,8-11H,5H2. The average Bonchev–Trinajstić information content (AvgIpc) is 1.93. The van der Waals surface area contributed by atoms with E-state index in [2.05, 4.69) is 0 Å². The number of hydrogen-bond donors (Lipinski definition) is 3. The Morgan fingerprint density at radius 3 is 2.36 bits per heavy atom. The highest BCUT2D eigenvalue weighted by Crippen LogP contribution is 2.16. The summed E-state index contributed by atoms with van der Waals surface area (Å²) in [6.45, 7) is 0. The third kappa shape index (κ3) is 2.22. The minimum Gasteiger partial charge on any atom is -0.508 e. The van der Waals surface area contributed by atoms with Crippen molar-refractivity contribution < 1.29 is 15.3 Å². The molecular formula is C8H10O3. The van der Waals surface area contributed by atoms with Crippen molar-refractivity contribution in [3.63, 3.8) is 0 Å². The topological polar surface area (TPSA) is 60.7 Å². The van der Waals surface area contributed by atoms with Gasteiger partial charge in [0.15, 0.2) is 6.29 Å². The number of para-hydroxylation sites is 1. The van der Waals surface area contributed by atoms with Crippen LogP contribution < -0.4 is 0 Å². The van der Waals surface area contributed by atoms with Crippen LogP contribution in [0.15, 0.2) is 24.3 Å². The van der Waals surface area contributed by atoms with Gasteiger partial charge in [0.2, 0.25) is 0 Å². The molecule has 0 spiro atoms. The number of phenolic OH excluding ortho intramolecular Hbond substituents is 1. The van der Waals surface area contributed by atoms with Crippen LogP contribution in [-0.2, 0) is 6.42 Å². The van der Waals surface area contributed by atoms with Crippen molar-refractivity contribution in [1.82, 2.24) is 0 Å². The van der Waals surface area contributed by atoms with Crippen LogP contribution >= 0.6 is 0 Å². The van der Waals surface area contributed by atoms with Gasteiger partial charge in [0.25, 0.3) is 0 Å². The Kier molecular flexibility index (Phi) is 2.46. The van der Waals surface area contributed by atoms with Crippen molar-refractivity contribution in [1.29, 1.82) is 0 Å². The molecule has 0 unspecified atom stereocenters. The quantitative estimate of drug-likeness (QED) is 0.535. The van der Waals surface area contributed by atoms with E-state index in [1.807, 2.05) is 0 Å². The van der Waals surface area contributed by atoms with Crippen molar-refractivity contribution in [3.8, 4) is 5.75 Å². The van der Waals surface area contributed by atoms with Gasteiger partial charge in [0.1, 0.15) is 5.75 Å². The van der Waals surface area contributed by atoms with Crippen LogP contribution in [0.3, 0.4) is 0 Å². The van der Waals surface area contributed by atoms with E-state index >= 15 is 0 Å². The molecule has 60 valence electrons. The normalized spacial score (nSPS) is 10.5. The Labute approximate surface area is 64.5 Å². The fraction of sp³-hybridized carbons (Fsp3) is 0.250. The smallest absolute Gasteiger partial charge is 0.155 e. The van der Waals surface area contributed by atoms with Crippen molar-refractivity contribution in [2.24, 2.45) is 0 Å². The van der Waals surface area contributed by atoms with Gasteiger partial charge < -0.3 is 15.3 Å². The molecule has 1 rings (SSSR count). The maximum atomic E-state index is 9.14. The summed E-state index contributed by atoms with van der Waals surface area (Å²) in [7, 11) is 0. The highest BCUT2D eigenvalue weighted by atomic mass is 16.5. The number of aliphatic hydroxyl groups is 2. The molecule has 3 heteroatoms. The van der Waals surface area contributed by atoms with E-state index in [1.54, 1.807) is 18.2 Å². The zero-order valence-electron chi connectivity index (χ0n) is 5.94. The average molecular weight is 154 g/mol. The van der Waals surface area contributed by atoms with Crippen LogP contribution in [0.5, 0.6) is 5.75 Å². The number of rotatable bonds is 2. The highest BCUT2D eigenvalue weighted by Gasteiger charge is 2.03. The van der Waals surface area contributed by atoms with Gasteiger partial charge in [-0.15, -0.1) is 0 Å². The molecular weight excluding hydrogens is 144 g/mol. The van der Waals surface area contributed by atoms with E-state index in [9.17, 15) is 0 Å². The van der Waals surface area contributed by atoms with E-state index in [1.165, 1.54) is 6.07 Å². The predicted octanol–water partition coefficient (Wildman–Crippen LogP) is 0.245. The SMILES string of the molecule is Oc1ccccc1CC(O)O. The Morgan fingerprint density at radius 2 is 1.82 bits per heavy atom. The summed E-state index contributed by atoms with van der Waals surface area (Å²) >= 11 is 0. The van der Waals surface area contributed by atoms with Crippen molar-refractivity contribution in [2.75, 3.05) is 0 Å². The van der Waals surface area contributed by atoms with E-state index in [0.29, 0.717) is 5.56 Å². The first-order valence-electron chi connectivity index (χ1n) is 3.33. The molecule has 0 saturated heterocycles. The van der Waals surface area contributed by atoms with E-state index < -0.39 is 6.29 Å². The predicted molar refractivity (Wildman–Crippen MR) is 40.0 cm³/mol. The molecule has 0 aromatic heterocycles. The number of aromatic hydroxyl groups is 1. The number of hydrogen-bond acceptors (Lipinski definition) is 3. The molecule has 0 bridgehead atoms. The van der Waals surface area contributed by atoms with Gasteiger partial charge in [-0.3, -0.25) is 0 Å². The first-order chi connectivity index (χ1) is 5.20. The first kappa shape index (κ1) is 8.04. The summed E-state index contributed by atoms with van der Waals surface area (Å²) in [4.78, 5) is 0. The van der Waals surface area contributed by atoms with Gasteiger partial charge in [-0.1, -0.05) is 18.2 Å².